The summed E-state index contributed by atoms with van der Waals surface area (Å²) in [6.07, 6.45) is -1.51. The Bertz CT molecular complexity index is 355. The molecule has 84 valence electrons. The maximum absolute atomic E-state index is 12.5. The van der Waals surface area contributed by atoms with E-state index in [0.717, 1.165) is 19.3 Å². The molecule has 1 saturated carbocycles. The van der Waals surface area contributed by atoms with E-state index in [2.05, 4.69) is 10.2 Å². The van der Waals surface area contributed by atoms with Crippen molar-refractivity contribution < 1.29 is 13.2 Å². The Morgan fingerprint density at radius 3 is 2.47 bits per heavy atom. The van der Waals surface area contributed by atoms with Crippen LogP contribution in [0.1, 0.15) is 42.1 Å². The molecule has 0 aliphatic heterocycles. The Labute approximate surface area is 89.8 Å². The normalized spacial score (nSPS) is 17.9. The van der Waals surface area contributed by atoms with Gasteiger partial charge in [0, 0.05) is 17.2 Å². The van der Waals surface area contributed by atoms with E-state index in [4.69, 9.17) is 11.6 Å². The summed E-state index contributed by atoms with van der Waals surface area (Å²) in [7, 11) is 0. The highest BCUT2D eigenvalue weighted by Crippen LogP contribution is 2.41. The molecule has 15 heavy (non-hydrogen) atoms. The van der Waals surface area contributed by atoms with E-state index < -0.39 is 11.9 Å². The fourth-order valence-corrected chi connectivity index (χ4v) is 2.05. The van der Waals surface area contributed by atoms with Gasteiger partial charge in [-0.2, -0.15) is 18.3 Å². The molecule has 1 aromatic heterocycles. The molecule has 0 radical (unpaired) electrons. The summed E-state index contributed by atoms with van der Waals surface area (Å²) in [5.41, 5.74) is -0.170. The van der Waals surface area contributed by atoms with Crippen molar-refractivity contribution in [3.63, 3.8) is 0 Å². The lowest BCUT2D eigenvalue weighted by Crippen LogP contribution is -2.12. The lowest BCUT2D eigenvalue weighted by Gasteiger charge is -2.25. The maximum atomic E-state index is 12.5. The van der Waals surface area contributed by atoms with Crippen LogP contribution in [0.3, 0.4) is 0 Å². The lowest BCUT2D eigenvalue weighted by atomic mass is 9.81. The van der Waals surface area contributed by atoms with Crippen LogP contribution < -0.4 is 0 Å². The molecule has 1 aliphatic carbocycles. The number of hydrogen-bond donors (Lipinski definition) is 1. The first-order chi connectivity index (χ1) is 7.04. The van der Waals surface area contributed by atoms with Crippen LogP contribution in [0.2, 0.25) is 0 Å². The van der Waals surface area contributed by atoms with Gasteiger partial charge in [0.05, 0.1) is 5.88 Å². The second-order valence-corrected chi connectivity index (χ2v) is 3.99. The first-order valence-corrected chi connectivity index (χ1v) is 5.27. The molecule has 6 heteroatoms. The molecular formula is C9H10ClF3N2. The summed E-state index contributed by atoms with van der Waals surface area (Å²) < 4.78 is 37.5. The van der Waals surface area contributed by atoms with E-state index in [1.54, 1.807) is 0 Å². The number of halogens is 4. The average molecular weight is 239 g/mol. The molecule has 0 aromatic carbocycles. The molecule has 0 unspecified atom stereocenters. The largest absolute Gasteiger partial charge is 0.435 e. The number of alkyl halides is 4. The van der Waals surface area contributed by atoms with Crippen LogP contribution in [-0.2, 0) is 12.1 Å². The molecule has 1 aromatic rings. The van der Waals surface area contributed by atoms with Crippen molar-refractivity contribution >= 4 is 11.6 Å². The zero-order chi connectivity index (χ0) is 11.1. The third-order valence-corrected chi connectivity index (χ3v) is 3.08. The zero-order valence-corrected chi connectivity index (χ0v) is 8.62. The standard InChI is InChI=1S/C9H10ClF3N2/c10-4-6-7(5-2-1-3-5)14-15-8(6)9(11,12)13/h5H,1-4H2,(H,14,15). The number of aromatic amines is 1. The van der Waals surface area contributed by atoms with E-state index in [1.807, 2.05) is 0 Å². The molecule has 0 saturated heterocycles. The molecule has 2 rings (SSSR count). The van der Waals surface area contributed by atoms with Crippen LogP contribution in [0.5, 0.6) is 0 Å². The van der Waals surface area contributed by atoms with Crippen LogP contribution in [0.25, 0.3) is 0 Å². The van der Waals surface area contributed by atoms with Gasteiger partial charge in [0.2, 0.25) is 0 Å². The van der Waals surface area contributed by atoms with Gasteiger partial charge in [-0.3, -0.25) is 5.10 Å². The third-order valence-electron chi connectivity index (χ3n) is 2.81. The monoisotopic (exact) mass is 238 g/mol. The summed E-state index contributed by atoms with van der Waals surface area (Å²) in [5, 5.41) is 5.81. The Hall–Kier alpha value is -0.710. The number of rotatable bonds is 2. The van der Waals surface area contributed by atoms with E-state index >= 15 is 0 Å². The van der Waals surface area contributed by atoms with Crippen molar-refractivity contribution in [2.24, 2.45) is 0 Å². The quantitative estimate of drug-likeness (QED) is 0.786. The Balaban J connectivity index is 2.36. The van der Waals surface area contributed by atoms with E-state index in [9.17, 15) is 13.2 Å². The summed E-state index contributed by atoms with van der Waals surface area (Å²) in [6.45, 7) is 0. The first kappa shape index (κ1) is 10.8. The molecule has 1 heterocycles. The zero-order valence-electron chi connectivity index (χ0n) is 7.86. The van der Waals surface area contributed by atoms with Gasteiger partial charge in [-0.15, -0.1) is 11.6 Å². The van der Waals surface area contributed by atoms with Crippen LogP contribution >= 0.6 is 11.6 Å². The number of nitrogens with one attached hydrogen (secondary N) is 1. The molecular weight excluding hydrogens is 229 g/mol. The van der Waals surface area contributed by atoms with Crippen molar-refractivity contribution in [3.05, 3.63) is 17.0 Å². The second-order valence-electron chi connectivity index (χ2n) is 3.72. The molecule has 1 fully saturated rings. The van der Waals surface area contributed by atoms with Crippen molar-refractivity contribution in [3.8, 4) is 0 Å². The molecule has 0 bridgehead atoms. The fourth-order valence-electron chi connectivity index (χ4n) is 1.78. The average Bonchev–Trinajstić information content (AvgIpc) is 2.43. The fraction of sp³-hybridized carbons (Fsp3) is 0.667. The molecule has 0 amide bonds. The van der Waals surface area contributed by atoms with Gasteiger partial charge in [0.15, 0.2) is 5.69 Å². The summed E-state index contributed by atoms with van der Waals surface area (Å²) in [6, 6.07) is 0. The molecule has 0 spiro atoms. The Morgan fingerprint density at radius 2 is 2.07 bits per heavy atom. The molecule has 0 atom stereocenters. The van der Waals surface area contributed by atoms with Gasteiger partial charge in [0.1, 0.15) is 0 Å². The highest BCUT2D eigenvalue weighted by molar-refractivity contribution is 6.17. The second kappa shape index (κ2) is 3.70. The van der Waals surface area contributed by atoms with Crippen LogP contribution in [0.15, 0.2) is 0 Å². The minimum Gasteiger partial charge on any atom is -0.281 e. The predicted octanol–water partition coefficient (Wildman–Crippen LogP) is 3.43. The van der Waals surface area contributed by atoms with E-state index in [0.29, 0.717) is 5.69 Å². The number of aromatic nitrogens is 2. The molecule has 1 N–H and O–H groups in total. The number of H-pyrrole nitrogens is 1. The van der Waals surface area contributed by atoms with Crippen molar-refractivity contribution in [1.29, 1.82) is 0 Å². The van der Waals surface area contributed by atoms with Crippen LogP contribution in [0.4, 0.5) is 13.2 Å². The third kappa shape index (κ3) is 1.85. The van der Waals surface area contributed by atoms with Gasteiger partial charge >= 0.3 is 6.18 Å². The first-order valence-electron chi connectivity index (χ1n) is 4.74. The number of nitrogens with zero attached hydrogens (tertiary/aromatic N) is 1. The van der Waals surface area contributed by atoms with Gasteiger partial charge < -0.3 is 0 Å². The van der Waals surface area contributed by atoms with Gasteiger partial charge in [-0.05, 0) is 12.8 Å². The van der Waals surface area contributed by atoms with Crippen LogP contribution in [-0.4, -0.2) is 10.2 Å². The summed E-state index contributed by atoms with van der Waals surface area (Å²) in [4.78, 5) is 0. The predicted molar refractivity (Wildman–Crippen MR) is 49.7 cm³/mol. The van der Waals surface area contributed by atoms with E-state index in [-0.39, 0.29) is 17.4 Å². The van der Waals surface area contributed by atoms with Gasteiger partial charge in [-0.25, -0.2) is 0 Å². The van der Waals surface area contributed by atoms with E-state index in [1.165, 1.54) is 0 Å². The highest BCUT2D eigenvalue weighted by Gasteiger charge is 2.39. The van der Waals surface area contributed by atoms with Crippen LogP contribution in [0, 0.1) is 0 Å². The van der Waals surface area contributed by atoms with Gasteiger partial charge in [-0.1, -0.05) is 6.42 Å². The minimum absolute atomic E-state index is 0.119. The van der Waals surface area contributed by atoms with Crippen molar-refractivity contribution in [2.75, 3.05) is 0 Å². The Kier molecular flexibility index (Phi) is 2.66. The SMILES string of the molecule is FC(F)(F)c1n[nH]c(C2CCC2)c1CCl. The Morgan fingerprint density at radius 1 is 1.40 bits per heavy atom. The topological polar surface area (TPSA) is 28.7 Å². The molecule has 1 aliphatic rings. The van der Waals surface area contributed by atoms with Crippen molar-refractivity contribution in [1.82, 2.24) is 10.2 Å². The number of hydrogen-bond acceptors (Lipinski definition) is 1. The van der Waals surface area contributed by atoms with Crippen molar-refractivity contribution in [2.45, 2.75) is 37.2 Å². The maximum Gasteiger partial charge on any atom is 0.435 e. The minimum atomic E-state index is -4.41. The summed E-state index contributed by atoms with van der Waals surface area (Å²) >= 11 is 5.55. The highest BCUT2D eigenvalue weighted by atomic mass is 35.5. The smallest absolute Gasteiger partial charge is 0.281 e. The lowest BCUT2D eigenvalue weighted by molar-refractivity contribution is -0.141. The molecule has 2 nitrogen and oxygen atoms in total. The van der Waals surface area contributed by atoms with Gasteiger partial charge in [0.25, 0.3) is 0 Å². The summed E-state index contributed by atoms with van der Waals surface area (Å²) in [5.74, 6) is 0.0410.